The predicted molar refractivity (Wildman–Crippen MR) is 113 cm³/mol. The van der Waals surface area contributed by atoms with Crippen LogP contribution in [0.25, 0.3) is 33.3 Å². The lowest BCUT2D eigenvalue weighted by Gasteiger charge is -2.33. The van der Waals surface area contributed by atoms with Crippen LogP contribution in [0, 0.1) is 0 Å². The van der Waals surface area contributed by atoms with Crippen LogP contribution in [0.3, 0.4) is 0 Å². The summed E-state index contributed by atoms with van der Waals surface area (Å²) in [5.74, 6) is 0.617. The molecule has 4 aromatic rings. The Morgan fingerprint density at radius 1 is 1.11 bits per heavy atom. The van der Waals surface area contributed by atoms with Gasteiger partial charge in [0.15, 0.2) is 0 Å². The molecule has 0 saturated carbocycles. The van der Waals surface area contributed by atoms with E-state index in [0.29, 0.717) is 11.4 Å². The van der Waals surface area contributed by atoms with Gasteiger partial charge in [-0.05, 0) is 51.2 Å². The highest BCUT2D eigenvalue weighted by molar-refractivity contribution is 5.85. The van der Waals surface area contributed by atoms with Crippen LogP contribution >= 0.6 is 0 Å². The molecule has 2 aromatic heterocycles. The third kappa shape index (κ3) is 2.60. The highest BCUT2D eigenvalue weighted by atomic mass is 16.1. The van der Waals surface area contributed by atoms with Crippen LogP contribution in [-0.4, -0.2) is 46.3 Å². The lowest BCUT2D eigenvalue weighted by atomic mass is 10.1. The van der Waals surface area contributed by atoms with Gasteiger partial charge in [0.25, 0.3) is 5.56 Å². The van der Waals surface area contributed by atoms with Gasteiger partial charge in [0.2, 0.25) is 0 Å². The van der Waals surface area contributed by atoms with Gasteiger partial charge in [0, 0.05) is 11.9 Å². The Bertz CT molecular complexity index is 1190. The van der Waals surface area contributed by atoms with Crippen LogP contribution in [0.2, 0.25) is 0 Å². The second kappa shape index (κ2) is 6.49. The quantitative estimate of drug-likeness (QED) is 0.599. The van der Waals surface area contributed by atoms with Gasteiger partial charge in [-0.25, -0.2) is 9.66 Å². The van der Waals surface area contributed by atoms with E-state index in [-0.39, 0.29) is 11.7 Å². The highest BCUT2D eigenvalue weighted by Crippen LogP contribution is 2.25. The van der Waals surface area contributed by atoms with E-state index in [1.807, 2.05) is 53.2 Å². The average molecular weight is 373 g/mol. The number of hydrogen-bond acceptors (Lipinski definition) is 4. The molecule has 1 aliphatic rings. The van der Waals surface area contributed by atoms with E-state index in [2.05, 4.69) is 40.0 Å². The zero-order valence-electron chi connectivity index (χ0n) is 16.1. The molecule has 1 fully saturated rings. The number of pyridine rings is 1. The lowest BCUT2D eigenvalue weighted by molar-refractivity contribution is 0.271. The fourth-order valence-electron chi connectivity index (χ4n) is 4.24. The van der Waals surface area contributed by atoms with Crippen molar-refractivity contribution in [1.29, 1.82) is 0 Å². The molecule has 1 aliphatic heterocycles. The SMILES string of the molecule is CN(C)C1CCCN1n1c(=O)c(-c2nc3ccccc3[nH]2)cc2ccccc21. The predicted octanol–water partition coefficient (Wildman–Crippen LogP) is 3.16. The molecule has 1 atom stereocenters. The maximum absolute atomic E-state index is 13.7. The topological polar surface area (TPSA) is 57.2 Å². The van der Waals surface area contributed by atoms with Gasteiger partial charge in [0.05, 0.1) is 28.3 Å². The third-order valence-electron chi connectivity index (χ3n) is 5.58. The Balaban J connectivity index is 1.78. The second-order valence-electron chi connectivity index (χ2n) is 7.59. The Labute approximate surface area is 163 Å². The van der Waals surface area contributed by atoms with Crippen molar-refractivity contribution in [2.75, 3.05) is 25.6 Å². The number of aromatic nitrogens is 3. The summed E-state index contributed by atoms with van der Waals surface area (Å²) in [5, 5.41) is 3.22. The lowest BCUT2D eigenvalue weighted by Crippen LogP contribution is -2.51. The molecule has 28 heavy (non-hydrogen) atoms. The summed E-state index contributed by atoms with van der Waals surface area (Å²) in [6, 6.07) is 17.9. The minimum absolute atomic E-state index is 0.0356. The van der Waals surface area contributed by atoms with Crippen molar-refractivity contribution in [3.05, 3.63) is 65.0 Å². The van der Waals surface area contributed by atoms with E-state index in [0.717, 1.165) is 41.3 Å². The van der Waals surface area contributed by atoms with Crippen LogP contribution < -0.4 is 10.6 Å². The summed E-state index contributed by atoms with van der Waals surface area (Å²) in [6.07, 6.45) is 2.31. The van der Waals surface area contributed by atoms with E-state index in [4.69, 9.17) is 0 Å². The number of hydrogen-bond donors (Lipinski definition) is 1. The van der Waals surface area contributed by atoms with Crippen molar-refractivity contribution < 1.29 is 0 Å². The Morgan fingerprint density at radius 3 is 2.71 bits per heavy atom. The summed E-state index contributed by atoms with van der Waals surface area (Å²) in [4.78, 5) is 23.8. The van der Waals surface area contributed by atoms with Crippen molar-refractivity contribution >= 4 is 21.9 Å². The normalized spacial score (nSPS) is 17.2. The smallest absolute Gasteiger partial charge is 0.280 e. The molecule has 5 rings (SSSR count). The zero-order chi connectivity index (χ0) is 19.3. The fraction of sp³-hybridized carbons (Fsp3) is 0.273. The number of nitrogens with one attached hydrogen (secondary N) is 1. The molecule has 0 amide bonds. The number of fused-ring (bicyclic) bond motifs is 2. The number of rotatable bonds is 3. The molecule has 0 radical (unpaired) electrons. The number of imidazole rings is 1. The van der Waals surface area contributed by atoms with Crippen molar-refractivity contribution in [3.63, 3.8) is 0 Å². The molecule has 1 unspecified atom stereocenters. The summed E-state index contributed by atoms with van der Waals surface area (Å²) in [5.41, 5.74) is 3.29. The van der Waals surface area contributed by atoms with E-state index >= 15 is 0 Å². The first kappa shape index (κ1) is 17.0. The van der Waals surface area contributed by atoms with Crippen molar-refractivity contribution in [2.24, 2.45) is 0 Å². The van der Waals surface area contributed by atoms with Crippen molar-refractivity contribution in [1.82, 2.24) is 19.5 Å². The highest BCUT2D eigenvalue weighted by Gasteiger charge is 2.29. The molecule has 3 heterocycles. The fourth-order valence-corrected chi connectivity index (χ4v) is 4.24. The Kier molecular flexibility index (Phi) is 3.94. The minimum atomic E-state index is -0.0356. The molecule has 6 heteroatoms. The summed E-state index contributed by atoms with van der Waals surface area (Å²) >= 11 is 0. The largest absolute Gasteiger partial charge is 0.338 e. The summed E-state index contributed by atoms with van der Waals surface area (Å²) in [7, 11) is 4.14. The van der Waals surface area contributed by atoms with Crippen LogP contribution in [0.4, 0.5) is 0 Å². The van der Waals surface area contributed by atoms with Gasteiger partial charge in [-0.3, -0.25) is 14.7 Å². The average Bonchev–Trinajstić information content (AvgIpc) is 3.34. The van der Waals surface area contributed by atoms with Crippen LogP contribution in [0.5, 0.6) is 0 Å². The Hall–Kier alpha value is -3.12. The van der Waals surface area contributed by atoms with Crippen molar-refractivity contribution in [2.45, 2.75) is 19.0 Å². The number of nitrogens with zero attached hydrogens (tertiary/aromatic N) is 4. The molecule has 0 aliphatic carbocycles. The van der Waals surface area contributed by atoms with E-state index < -0.39 is 0 Å². The molecule has 0 spiro atoms. The molecule has 0 bridgehead atoms. The first-order valence-corrected chi connectivity index (χ1v) is 9.67. The van der Waals surface area contributed by atoms with Gasteiger partial charge in [0.1, 0.15) is 5.82 Å². The first-order valence-electron chi connectivity index (χ1n) is 9.67. The Morgan fingerprint density at radius 2 is 1.89 bits per heavy atom. The van der Waals surface area contributed by atoms with Gasteiger partial charge in [-0.1, -0.05) is 30.3 Å². The molecule has 2 aromatic carbocycles. The summed E-state index contributed by atoms with van der Waals surface area (Å²) < 4.78 is 1.86. The maximum atomic E-state index is 13.7. The van der Waals surface area contributed by atoms with Crippen LogP contribution in [0.1, 0.15) is 12.8 Å². The standard InChI is InChI=1S/C22H23N5O/c1-25(2)20-12-7-13-26(20)27-19-11-6-3-8-15(19)14-16(22(27)28)21-23-17-9-4-5-10-18(17)24-21/h3-6,8-11,14,20H,7,12-13H2,1-2H3,(H,23,24). The van der Waals surface area contributed by atoms with E-state index in [1.165, 1.54) is 0 Å². The number of aromatic amines is 1. The zero-order valence-corrected chi connectivity index (χ0v) is 16.1. The van der Waals surface area contributed by atoms with Crippen molar-refractivity contribution in [3.8, 4) is 11.4 Å². The maximum Gasteiger partial charge on any atom is 0.280 e. The van der Waals surface area contributed by atoms with Gasteiger partial charge >= 0.3 is 0 Å². The second-order valence-corrected chi connectivity index (χ2v) is 7.59. The van der Waals surface area contributed by atoms with Gasteiger partial charge < -0.3 is 4.98 Å². The van der Waals surface area contributed by atoms with Crippen LogP contribution in [0.15, 0.2) is 59.4 Å². The third-order valence-corrected chi connectivity index (χ3v) is 5.58. The molecular formula is C22H23N5O. The van der Waals surface area contributed by atoms with Crippen LogP contribution in [-0.2, 0) is 0 Å². The number of H-pyrrole nitrogens is 1. The molecule has 1 N–H and O–H groups in total. The molecule has 6 nitrogen and oxygen atoms in total. The number of benzene rings is 2. The van der Waals surface area contributed by atoms with Gasteiger partial charge in [-0.15, -0.1) is 0 Å². The first-order chi connectivity index (χ1) is 13.6. The molecule has 142 valence electrons. The number of para-hydroxylation sites is 3. The molecule has 1 saturated heterocycles. The minimum Gasteiger partial charge on any atom is -0.338 e. The summed E-state index contributed by atoms with van der Waals surface area (Å²) in [6.45, 7) is 0.857. The van der Waals surface area contributed by atoms with E-state index in [1.54, 1.807) is 0 Å². The van der Waals surface area contributed by atoms with Gasteiger partial charge in [-0.2, -0.15) is 0 Å². The van der Waals surface area contributed by atoms with E-state index in [9.17, 15) is 4.79 Å². The monoisotopic (exact) mass is 373 g/mol. The molecular weight excluding hydrogens is 350 g/mol.